The molecule has 2 aromatic rings. The fourth-order valence-electron chi connectivity index (χ4n) is 5.74. The number of ether oxygens (including phenoxy) is 3. The summed E-state index contributed by atoms with van der Waals surface area (Å²) in [5.41, 5.74) is 2.63. The molecule has 6 heteroatoms. The number of ketones is 3. The second-order valence-corrected chi connectivity index (χ2v) is 15.2. The average molecular weight is 715 g/mol. The highest BCUT2D eigenvalue weighted by atomic mass is 16.5. The highest BCUT2D eigenvalue weighted by Gasteiger charge is 2.32. The van der Waals surface area contributed by atoms with E-state index in [1.54, 1.807) is 19.9 Å². The molecule has 0 heterocycles. The number of carbonyl (C=O) groups is 3. The average Bonchev–Trinajstić information content (AvgIpc) is 3.10. The molecule has 0 bridgehead atoms. The first-order valence-corrected chi connectivity index (χ1v) is 19.4. The van der Waals surface area contributed by atoms with Crippen molar-refractivity contribution in [1.82, 2.24) is 0 Å². The molecule has 0 N–H and O–H groups in total. The van der Waals surface area contributed by atoms with Gasteiger partial charge in [-0.1, -0.05) is 108 Å². The van der Waals surface area contributed by atoms with Crippen LogP contribution >= 0.6 is 0 Å². The molecular weight excluding hydrogens is 649 g/mol. The van der Waals surface area contributed by atoms with Crippen LogP contribution in [-0.4, -0.2) is 54.0 Å². The van der Waals surface area contributed by atoms with Gasteiger partial charge >= 0.3 is 0 Å². The molecule has 0 aromatic heterocycles. The second kappa shape index (κ2) is 21.3. The molecule has 0 saturated heterocycles. The van der Waals surface area contributed by atoms with Crippen molar-refractivity contribution in [1.29, 1.82) is 0 Å². The summed E-state index contributed by atoms with van der Waals surface area (Å²) in [6, 6.07) is 13.7. The largest absolute Gasteiger partial charge is 0.367 e. The van der Waals surface area contributed by atoms with Crippen molar-refractivity contribution in [3.63, 3.8) is 0 Å². The molecule has 0 atom stereocenters. The van der Waals surface area contributed by atoms with Crippen molar-refractivity contribution in [3.05, 3.63) is 106 Å². The number of rotatable bonds is 25. The highest BCUT2D eigenvalue weighted by molar-refractivity contribution is 6.04. The standard InChI is InChI=1S/C46H66O6/c1-12-16-28-50-44(6,7)41(47)34(5)20-21-35(19-15-4)32-39-27-24-37(33-40(39)43(49)46(10,11)52-30-18-14-3)31-36-22-25-38(26-23-36)42(48)45(8,9)51-29-17-13-2/h19-27,33H,5,12-18,28-32H2,1-4,6-11H3/b21-20-,35-19+. The van der Waals surface area contributed by atoms with Crippen molar-refractivity contribution in [2.24, 2.45) is 0 Å². The van der Waals surface area contributed by atoms with Crippen LogP contribution in [0.3, 0.4) is 0 Å². The van der Waals surface area contributed by atoms with E-state index in [0.717, 1.165) is 67.2 Å². The number of allylic oxidation sites excluding steroid dienone is 4. The fourth-order valence-corrected chi connectivity index (χ4v) is 5.74. The van der Waals surface area contributed by atoms with Crippen LogP contribution in [0, 0.1) is 0 Å². The zero-order valence-corrected chi connectivity index (χ0v) is 33.9. The number of benzene rings is 2. The summed E-state index contributed by atoms with van der Waals surface area (Å²) in [5, 5.41) is 0. The minimum Gasteiger partial charge on any atom is -0.367 e. The predicted octanol–water partition coefficient (Wildman–Crippen LogP) is 11.0. The topological polar surface area (TPSA) is 78.9 Å². The van der Waals surface area contributed by atoms with Gasteiger partial charge in [-0.2, -0.15) is 0 Å². The predicted molar refractivity (Wildman–Crippen MR) is 215 cm³/mol. The SMILES string of the molecule is C=C(/C=C\C(=C/CC)Cc1ccc(Cc2ccc(C(=O)C(C)(C)OCCCC)cc2)cc1C(=O)C(C)(C)OCCCC)C(=O)C(C)(C)OCCCC. The van der Waals surface area contributed by atoms with E-state index in [4.69, 9.17) is 14.2 Å². The van der Waals surface area contributed by atoms with Crippen LogP contribution in [-0.2, 0) is 31.8 Å². The third kappa shape index (κ3) is 13.8. The Morgan fingerprint density at radius 3 is 1.67 bits per heavy atom. The van der Waals surface area contributed by atoms with E-state index in [9.17, 15) is 14.4 Å². The first kappa shape index (κ1) is 44.7. The molecule has 0 aliphatic heterocycles. The lowest BCUT2D eigenvalue weighted by Crippen LogP contribution is -2.36. The first-order valence-electron chi connectivity index (χ1n) is 19.4. The second-order valence-electron chi connectivity index (χ2n) is 15.2. The van der Waals surface area contributed by atoms with Gasteiger partial charge in [-0.05, 0) is 108 Å². The van der Waals surface area contributed by atoms with Gasteiger partial charge in [0.2, 0.25) is 0 Å². The third-order valence-electron chi connectivity index (χ3n) is 9.22. The Hall–Kier alpha value is -3.45. The summed E-state index contributed by atoms with van der Waals surface area (Å²) in [7, 11) is 0. The van der Waals surface area contributed by atoms with Gasteiger partial charge < -0.3 is 14.2 Å². The summed E-state index contributed by atoms with van der Waals surface area (Å²) < 4.78 is 17.9. The number of unbranched alkanes of at least 4 members (excludes halogenated alkanes) is 3. The first-order chi connectivity index (χ1) is 24.5. The van der Waals surface area contributed by atoms with E-state index in [1.807, 2.05) is 70.2 Å². The van der Waals surface area contributed by atoms with Gasteiger partial charge in [0.15, 0.2) is 17.3 Å². The maximum Gasteiger partial charge on any atom is 0.194 e. The smallest absolute Gasteiger partial charge is 0.194 e. The molecule has 0 saturated carbocycles. The monoisotopic (exact) mass is 714 g/mol. The maximum absolute atomic E-state index is 14.2. The Balaban J connectivity index is 2.41. The van der Waals surface area contributed by atoms with Gasteiger partial charge in [-0.3, -0.25) is 14.4 Å². The summed E-state index contributed by atoms with van der Waals surface area (Å²) in [6.07, 6.45) is 13.4. The Morgan fingerprint density at radius 1 is 0.654 bits per heavy atom. The molecular formula is C46H66O6. The third-order valence-corrected chi connectivity index (χ3v) is 9.22. The molecule has 0 fully saturated rings. The van der Waals surface area contributed by atoms with Crippen LogP contribution in [0.25, 0.3) is 0 Å². The molecule has 0 aliphatic carbocycles. The molecule has 286 valence electrons. The lowest BCUT2D eigenvalue weighted by Gasteiger charge is -2.26. The maximum atomic E-state index is 14.2. The van der Waals surface area contributed by atoms with Gasteiger partial charge in [0.1, 0.15) is 16.8 Å². The van der Waals surface area contributed by atoms with E-state index in [-0.39, 0.29) is 17.3 Å². The normalized spacial score (nSPS) is 12.8. The van der Waals surface area contributed by atoms with Gasteiger partial charge in [-0.15, -0.1) is 0 Å². The summed E-state index contributed by atoms with van der Waals surface area (Å²) in [5.74, 6) is -0.264. The van der Waals surface area contributed by atoms with Crippen LogP contribution in [0.1, 0.15) is 152 Å². The molecule has 2 aromatic carbocycles. The number of hydrogen-bond donors (Lipinski definition) is 0. The minimum absolute atomic E-state index is 0.0420. The molecule has 0 spiro atoms. The van der Waals surface area contributed by atoms with E-state index in [0.29, 0.717) is 49.4 Å². The zero-order chi connectivity index (χ0) is 39.0. The molecule has 0 unspecified atom stereocenters. The lowest BCUT2D eigenvalue weighted by molar-refractivity contribution is -0.136. The number of hydrogen-bond acceptors (Lipinski definition) is 6. The van der Waals surface area contributed by atoms with Gasteiger partial charge in [0, 0.05) is 36.5 Å². The van der Waals surface area contributed by atoms with Crippen LogP contribution in [0.4, 0.5) is 0 Å². The van der Waals surface area contributed by atoms with E-state index in [2.05, 4.69) is 46.4 Å². The molecule has 0 aliphatic rings. The quantitative estimate of drug-likeness (QED) is 0.0441. The zero-order valence-electron chi connectivity index (χ0n) is 33.9. The fraction of sp³-hybridized carbons (Fsp3) is 0.543. The van der Waals surface area contributed by atoms with E-state index >= 15 is 0 Å². The van der Waals surface area contributed by atoms with E-state index in [1.165, 1.54) is 0 Å². The lowest BCUT2D eigenvalue weighted by atomic mass is 9.87. The van der Waals surface area contributed by atoms with Crippen molar-refractivity contribution >= 4 is 17.3 Å². The Morgan fingerprint density at radius 2 is 1.15 bits per heavy atom. The van der Waals surface area contributed by atoms with E-state index < -0.39 is 16.8 Å². The van der Waals surface area contributed by atoms with Crippen LogP contribution in [0.2, 0.25) is 0 Å². The summed E-state index contributed by atoms with van der Waals surface area (Å²) >= 11 is 0. The van der Waals surface area contributed by atoms with Crippen LogP contribution in [0.15, 0.2) is 78.4 Å². The van der Waals surface area contributed by atoms with Crippen LogP contribution < -0.4 is 0 Å². The van der Waals surface area contributed by atoms with Gasteiger partial charge in [0.05, 0.1) is 0 Å². The van der Waals surface area contributed by atoms with Crippen molar-refractivity contribution in [2.45, 2.75) is 144 Å². The Labute approximate surface area is 315 Å². The molecule has 0 radical (unpaired) electrons. The Bertz CT molecular complexity index is 1540. The number of carbonyl (C=O) groups excluding carboxylic acids is 3. The van der Waals surface area contributed by atoms with Gasteiger partial charge in [-0.25, -0.2) is 0 Å². The number of Topliss-reactive ketones (excluding diaryl/α,β-unsaturated/α-hetero) is 3. The minimum atomic E-state index is -1.01. The molecule has 0 amide bonds. The van der Waals surface area contributed by atoms with Crippen molar-refractivity contribution in [3.8, 4) is 0 Å². The Kier molecular flexibility index (Phi) is 18.3. The molecule has 6 nitrogen and oxygen atoms in total. The van der Waals surface area contributed by atoms with Gasteiger partial charge in [0.25, 0.3) is 0 Å². The molecule has 52 heavy (non-hydrogen) atoms. The van der Waals surface area contributed by atoms with Crippen LogP contribution in [0.5, 0.6) is 0 Å². The summed E-state index contributed by atoms with van der Waals surface area (Å²) in [4.78, 5) is 40.6. The van der Waals surface area contributed by atoms with Crippen molar-refractivity contribution < 1.29 is 28.6 Å². The summed E-state index contributed by atoms with van der Waals surface area (Å²) in [6.45, 7) is 24.9. The highest BCUT2D eigenvalue weighted by Crippen LogP contribution is 2.27. The molecule has 2 rings (SSSR count). The van der Waals surface area contributed by atoms with Crippen molar-refractivity contribution in [2.75, 3.05) is 19.8 Å².